The summed E-state index contributed by atoms with van der Waals surface area (Å²) in [6.45, 7) is 1.17. The number of imide groups is 1. The third-order valence-electron chi connectivity index (χ3n) is 4.03. The molecule has 1 N–H and O–H groups in total. The molecule has 2 saturated heterocycles. The number of ether oxygens (including phenoxy) is 1. The van der Waals surface area contributed by atoms with E-state index in [1.165, 1.54) is 11.0 Å². The summed E-state index contributed by atoms with van der Waals surface area (Å²) in [6, 6.07) is 3.39. The minimum atomic E-state index is -0.704. The molecule has 0 bridgehead atoms. The van der Waals surface area contributed by atoms with Crippen molar-refractivity contribution < 1.29 is 29.2 Å². The summed E-state index contributed by atoms with van der Waals surface area (Å²) in [5.74, 6) is -1.29. The van der Waals surface area contributed by atoms with Gasteiger partial charge in [-0.2, -0.15) is 0 Å². The highest BCUT2D eigenvalue weighted by atomic mass is 32.2. The van der Waals surface area contributed by atoms with Gasteiger partial charge < -0.3 is 14.7 Å². The van der Waals surface area contributed by atoms with Crippen molar-refractivity contribution in [3.8, 4) is 5.75 Å². The zero-order chi connectivity index (χ0) is 19.6. The molecule has 3 amide bonds. The molecule has 2 fully saturated rings. The molecule has 27 heavy (non-hydrogen) atoms. The van der Waals surface area contributed by atoms with Crippen LogP contribution in [0.1, 0.15) is 5.56 Å². The number of phenolic OH excluding ortho intramolecular Hbond substituents is 1. The lowest BCUT2D eigenvalue weighted by Crippen LogP contribution is -2.46. The molecule has 0 atom stereocenters. The minimum absolute atomic E-state index is 0.00925. The number of nitrogens with zero attached hydrogens (tertiary/aromatic N) is 3. The van der Waals surface area contributed by atoms with E-state index >= 15 is 0 Å². The second-order valence-electron chi connectivity index (χ2n) is 5.76. The Morgan fingerprint density at radius 3 is 2.70 bits per heavy atom. The molecule has 3 rings (SSSR count). The van der Waals surface area contributed by atoms with Crippen molar-refractivity contribution >= 4 is 40.6 Å². The van der Waals surface area contributed by atoms with Gasteiger partial charge in [0.25, 0.3) is 16.8 Å². The van der Waals surface area contributed by atoms with Crippen molar-refractivity contribution in [3.63, 3.8) is 0 Å². The number of rotatable bonds is 4. The molecule has 1 aromatic carbocycles. The van der Waals surface area contributed by atoms with Gasteiger partial charge in [0.2, 0.25) is 5.91 Å². The van der Waals surface area contributed by atoms with Crippen molar-refractivity contribution in [2.45, 2.75) is 0 Å². The van der Waals surface area contributed by atoms with Crippen LogP contribution in [-0.4, -0.2) is 69.7 Å². The lowest BCUT2D eigenvalue weighted by Gasteiger charge is -2.28. The first kappa shape index (κ1) is 18.9. The molecule has 2 aliphatic heterocycles. The molecule has 0 radical (unpaired) electrons. The first-order valence-corrected chi connectivity index (χ1v) is 8.77. The fourth-order valence-corrected chi connectivity index (χ4v) is 3.48. The van der Waals surface area contributed by atoms with E-state index in [-0.39, 0.29) is 27.8 Å². The number of morpholine rings is 1. The summed E-state index contributed by atoms with van der Waals surface area (Å²) < 4.78 is 5.16. The molecular weight excluding hydrogens is 378 g/mol. The monoisotopic (exact) mass is 393 g/mol. The topological polar surface area (TPSA) is 130 Å². The Morgan fingerprint density at radius 2 is 2.04 bits per heavy atom. The summed E-state index contributed by atoms with van der Waals surface area (Å²) >= 11 is 0.590. The maximum absolute atomic E-state index is 12.5. The molecule has 2 heterocycles. The van der Waals surface area contributed by atoms with Crippen LogP contribution in [0.4, 0.5) is 10.5 Å². The van der Waals surface area contributed by atoms with Gasteiger partial charge in [0.15, 0.2) is 0 Å². The highest BCUT2D eigenvalue weighted by molar-refractivity contribution is 8.18. The van der Waals surface area contributed by atoms with Crippen LogP contribution < -0.4 is 0 Å². The van der Waals surface area contributed by atoms with E-state index in [1.54, 1.807) is 0 Å². The number of thioether (sulfide) groups is 1. The van der Waals surface area contributed by atoms with Gasteiger partial charge in [-0.15, -0.1) is 0 Å². The average molecular weight is 393 g/mol. The number of carbonyl (C=O) groups excluding carboxylic acids is 3. The third-order valence-corrected chi connectivity index (χ3v) is 4.93. The maximum Gasteiger partial charge on any atom is 0.294 e. The van der Waals surface area contributed by atoms with Crippen molar-refractivity contribution in [3.05, 3.63) is 38.8 Å². The van der Waals surface area contributed by atoms with Crippen LogP contribution in [0, 0.1) is 10.1 Å². The predicted octanol–water partition coefficient (Wildman–Crippen LogP) is 1.20. The molecule has 1 aromatic rings. The summed E-state index contributed by atoms with van der Waals surface area (Å²) in [5.41, 5.74) is -0.325. The molecule has 0 saturated carbocycles. The molecule has 0 aromatic heterocycles. The van der Waals surface area contributed by atoms with Crippen LogP contribution in [0.3, 0.4) is 0 Å². The summed E-state index contributed by atoms with van der Waals surface area (Å²) in [6.07, 6.45) is 1.17. The Labute approximate surface area is 157 Å². The number of hydrogen-bond acceptors (Lipinski definition) is 8. The average Bonchev–Trinajstić information content (AvgIpc) is 2.89. The fraction of sp³-hybridized carbons (Fsp3) is 0.312. The number of aromatic hydroxyl groups is 1. The zero-order valence-electron chi connectivity index (χ0n) is 14.0. The van der Waals surface area contributed by atoms with Crippen LogP contribution in [0.5, 0.6) is 5.75 Å². The van der Waals surface area contributed by atoms with E-state index in [4.69, 9.17) is 4.74 Å². The minimum Gasteiger partial charge on any atom is -0.508 e. The molecule has 0 spiro atoms. The Balaban J connectivity index is 1.80. The molecule has 0 aliphatic carbocycles. The van der Waals surface area contributed by atoms with E-state index in [2.05, 4.69) is 0 Å². The van der Waals surface area contributed by atoms with Gasteiger partial charge in [-0.05, 0) is 30.0 Å². The van der Waals surface area contributed by atoms with E-state index in [0.29, 0.717) is 38.1 Å². The van der Waals surface area contributed by atoms with Crippen molar-refractivity contribution in [2.24, 2.45) is 0 Å². The van der Waals surface area contributed by atoms with Gasteiger partial charge in [-0.25, -0.2) is 0 Å². The van der Waals surface area contributed by atoms with Crippen LogP contribution in [0.25, 0.3) is 6.08 Å². The van der Waals surface area contributed by atoms with E-state index in [1.807, 2.05) is 0 Å². The number of amides is 3. The number of carbonyl (C=O) groups is 3. The summed E-state index contributed by atoms with van der Waals surface area (Å²) in [5, 5.41) is 20.0. The van der Waals surface area contributed by atoms with Crippen molar-refractivity contribution in [2.75, 3.05) is 32.8 Å². The normalized spacial score (nSPS) is 19.0. The largest absolute Gasteiger partial charge is 0.508 e. The molecular formula is C16H15N3O7S. The lowest BCUT2D eigenvalue weighted by atomic mass is 10.1. The number of nitro benzene ring substituents is 1. The van der Waals surface area contributed by atoms with Crippen molar-refractivity contribution in [1.82, 2.24) is 9.80 Å². The standard InChI is InChI=1S/C16H15N3O7S/c20-11-1-2-12(19(24)25)10(7-11)8-13-15(22)18(16(23)27-13)9-14(21)17-3-5-26-6-4-17/h1-2,7-8,20H,3-6,9H2/b13-8+. The van der Waals surface area contributed by atoms with Gasteiger partial charge >= 0.3 is 0 Å². The van der Waals surface area contributed by atoms with E-state index in [9.17, 15) is 29.6 Å². The van der Waals surface area contributed by atoms with Crippen LogP contribution in [0.15, 0.2) is 23.1 Å². The Bertz CT molecular complexity index is 848. The summed E-state index contributed by atoms with van der Waals surface area (Å²) in [4.78, 5) is 49.6. The quantitative estimate of drug-likeness (QED) is 0.459. The first-order chi connectivity index (χ1) is 12.9. The molecule has 142 valence electrons. The molecule has 0 unspecified atom stereocenters. The highest BCUT2D eigenvalue weighted by Crippen LogP contribution is 2.34. The lowest BCUT2D eigenvalue weighted by molar-refractivity contribution is -0.385. The Morgan fingerprint density at radius 1 is 1.33 bits per heavy atom. The van der Waals surface area contributed by atoms with Gasteiger partial charge in [0.05, 0.1) is 28.6 Å². The van der Waals surface area contributed by atoms with E-state index < -0.39 is 22.6 Å². The van der Waals surface area contributed by atoms with Gasteiger partial charge in [-0.1, -0.05) is 0 Å². The second-order valence-corrected chi connectivity index (χ2v) is 6.75. The van der Waals surface area contributed by atoms with E-state index in [0.717, 1.165) is 23.1 Å². The zero-order valence-corrected chi connectivity index (χ0v) is 14.8. The smallest absolute Gasteiger partial charge is 0.294 e. The third kappa shape index (κ3) is 4.09. The van der Waals surface area contributed by atoms with Gasteiger partial charge in [-0.3, -0.25) is 29.4 Å². The highest BCUT2D eigenvalue weighted by Gasteiger charge is 2.37. The number of benzene rings is 1. The second kappa shape index (κ2) is 7.76. The van der Waals surface area contributed by atoms with Crippen LogP contribution >= 0.6 is 11.8 Å². The van der Waals surface area contributed by atoms with Crippen LogP contribution in [-0.2, 0) is 14.3 Å². The first-order valence-electron chi connectivity index (χ1n) is 7.95. The number of nitro groups is 1. The fourth-order valence-electron chi connectivity index (χ4n) is 2.65. The van der Waals surface area contributed by atoms with Gasteiger partial charge in [0.1, 0.15) is 12.3 Å². The Kier molecular flexibility index (Phi) is 5.42. The molecule has 2 aliphatic rings. The number of phenols is 1. The van der Waals surface area contributed by atoms with Crippen molar-refractivity contribution in [1.29, 1.82) is 0 Å². The summed E-state index contributed by atoms with van der Waals surface area (Å²) in [7, 11) is 0. The SMILES string of the molecule is O=C(CN1C(=O)S/C(=C/c2cc(O)ccc2[N+](=O)[O-])C1=O)N1CCOCC1. The maximum atomic E-state index is 12.5. The molecule has 10 nitrogen and oxygen atoms in total. The predicted molar refractivity (Wildman–Crippen MR) is 94.8 cm³/mol. The molecule has 11 heteroatoms. The van der Waals surface area contributed by atoms with Crippen LogP contribution in [0.2, 0.25) is 0 Å². The number of hydrogen-bond donors (Lipinski definition) is 1. The Hall–Kier alpha value is -2.92. The van der Waals surface area contributed by atoms with Gasteiger partial charge in [0, 0.05) is 19.2 Å².